The maximum absolute atomic E-state index is 12.3. The number of carbonyl (C=O) groups is 1. The number of H-pyrrole nitrogens is 1. The zero-order valence-corrected chi connectivity index (χ0v) is 11.7. The van der Waals surface area contributed by atoms with Crippen LogP contribution in [0.3, 0.4) is 0 Å². The van der Waals surface area contributed by atoms with E-state index >= 15 is 0 Å². The third kappa shape index (κ3) is 3.00. The number of nitrogens with zero attached hydrogens (tertiary/aromatic N) is 2. The number of hydrogen-bond donors (Lipinski definition) is 2. The van der Waals surface area contributed by atoms with Crippen LogP contribution < -0.4 is 5.56 Å². The van der Waals surface area contributed by atoms with Crippen LogP contribution in [0.4, 0.5) is 0 Å². The van der Waals surface area contributed by atoms with E-state index in [4.69, 9.17) is 5.11 Å². The Kier molecular flexibility index (Phi) is 4.18. The Labute approximate surface area is 121 Å². The van der Waals surface area contributed by atoms with Crippen LogP contribution >= 0.6 is 0 Å². The summed E-state index contributed by atoms with van der Waals surface area (Å²) in [5, 5.41) is 11.7. The molecule has 0 radical (unpaired) electrons. The van der Waals surface area contributed by atoms with Crippen molar-refractivity contribution in [1.29, 1.82) is 0 Å². The van der Waals surface area contributed by atoms with E-state index in [9.17, 15) is 9.59 Å². The van der Waals surface area contributed by atoms with Gasteiger partial charge in [0.15, 0.2) is 5.82 Å². The van der Waals surface area contributed by atoms with Gasteiger partial charge < -0.3 is 5.11 Å². The molecule has 2 N–H and O–H groups in total. The second-order valence-electron chi connectivity index (χ2n) is 4.41. The molecule has 0 fully saturated rings. The van der Waals surface area contributed by atoms with Gasteiger partial charge in [0.1, 0.15) is 0 Å². The number of aromatic carboxylic acids is 1. The van der Waals surface area contributed by atoms with Gasteiger partial charge in [-0.25, -0.2) is 14.5 Å². The van der Waals surface area contributed by atoms with Gasteiger partial charge in [0.05, 0.1) is 11.1 Å². The van der Waals surface area contributed by atoms with Crippen molar-refractivity contribution in [1.82, 2.24) is 14.8 Å². The number of aromatic nitrogens is 3. The van der Waals surface area contributed by atoms with Crippen molar-refractivity contribution >= 4 is 11.5 Å². The molecule has 0 bridgehead atoms. The van der Waals surface area contributed by atoms with Crippen LogP contribution in [-0.4, -0.2) is 25.8 Å². The van der Waals surface area contributed by atoms with Gasteiger partial charge in [-0.05, 0) is 31.6 Å². The normalized spacial score (nSPS) is 12.0. The van der Waals surface area contributed by atoms with E-state index in [1.165, 1.54) is 23.0 Å². The lowest BCUT2D eigenvalue weighted by Gasteiger charge is -2.00. The van der Waals surface area contributed by atoms with E-state index in [-0.39, 0.29) is 11.1 Å². The summed E-state index contributed by atoms with van der Waals surface area (Å²) in [7, 11) is 0. The number of rotatable bonds is 4. The highest BCUT2D eigenvalue weighted by atomic mass is 16.4. The van der Waals surface area contributed by atoms with Crippen molar-refractivity contribution in [2.24, 2.45) is 0 Å². The van der Waals surface area contributed by atoms with Gasteiger partial charge in [0.2, 0.25) is 0 Å². The van der Waals surface area contributed by atoms with Crippen LogP contribution in [0.25, 0.3) is 11.4 Å². The standard InChI is InChI=1S/C15H15N3O3/c1-3-4-5-10(2)12-9-17-18(14(12)19)13-7-6-11(8-16-13)15(20)21/h3-9,17H,1-2H3,(H,20,21)/b4-3-,10-5+. The summed E-state index contributed by atoms with van der Waals surface area (Å²) in [6, 6.07) is 2.89. The first-order valence-corrected chi connectivity index (χ1v) is 6.34. The Morgan fingerprint density at radius 2 is 2.19 bits per heavy atom. The molecular formula is C15H15N3O3. The fourth-order valence-electron chi connectivity index (χ4n) is 1.80. The molecule has 2 heterocycles. The summed E-state index contributed by atoms with van der Waals surface area (Å²) < 4.78 is 1.27. The first kappa shape index (κ1) is 14.5. The van der Waals surface area contributed by atoms with Crippen LogP contribution in [0, 0.1) is 0 Å². The lowest BCUT2D eigenvalue weighted by atomic mass is 10.1. The maximum Gasteiger partial charge on any atom is 0.337 e. The molecule has 21 heavy (non-hydrogen) atoms. The lowest BCUT2D eigenvalue weighted by molar-refractivity contribution is 0.0696. The molecule has 0 saturated heterocycles. The highest BCUT2D eigenvalue weighted by Gasteiger charge is 2.10. The zero-order chi connectivity index (χ0) is 15.4. The number of pyridine rings is 1. The molecule has 6 heteroatoms. The molecule has 0 spiro atoms. The van der Waals surface area contributed by atoms with Gasteiger partial charge in [-0.2, -0.15) is 0 Å². The summed E-state index contributed by atoms with van der Waals surface area (Å²) in [5.74, 6) is -0.714. The molecule has 0 atom stereocenters. The largest absolute Gasteiger partial charge is 0.478 e. The first-order valence-electron chi connectivity index (χ1n) is 6.34. The van der Waals surface area contributed by atoms with Crippen LogP contribution in [0.2, 0.25) is 0 Å². The minimum absolute atomic E-state index is 0.0720. The Hall–Kier alpha value is -2.89. The van der Waals surface area contributed by atoms with Crippen LogP contribution in [0.5, 0.6) is 0 Å². The van der Waals surface area contributed by atoms with Crippen molar-refractivity contribution < 1.29 is 9.90 Å². The summed E-state index contributed by atoms with van der Waals surface area (Å²) in [4.78, 5) is 27.1. The molecule has 2 aromatic rings. The van der Waals surface area contributed by atoms with E-state index in [0.717, 1.165) is 5.57 Å². The molecule has 0 aromatic carbocycles. The van der Waals surface area contributed by atoms with E-state index in [0.29, 0.717) is 11.4 Å². The molecule has 0 aliphatic carbocycles. The van der Waals surface area contributed by atoms with Crippen molar-refractivity contribution in [2.75, 3.05) is 0 Å². The highest BCUT2D eigenvalue weighted by Crippen LogP contribution is 2.10. The van der Waals surface area contributed by atoms with Gasteiger partial charge in [-0.1, -0.05) is 18.2 Å². The first-order chi connectivity index (χ1) is 10.0. The summed E-state index contributed by atoms with van der Waals surface area (Å²) in [6.45, 7) is 3.74. The number of hydrogen-bond acceptors (Lipinski definition) is 3. The fraction of sp³-hybridized carbons (Fsp3) is 0.133. The SMILES string of the molecule is C/C=C\C=C(/C)c1c[nH]n(-c2ccc(C(=O)O)cn2)c1=O. The minimum atomic E-state index is -1.06. The Morgan fingerprint density at radius 1 is 1.43 bits per heavy atom. The second kappa shape index (κ2) is 6.04. The minimum Gasteiger partial charge on any atom is -0.478 e. The molecule has 108 valence electrons. The molecule has 0 amide bonds. The number of carboxylic acid groups (broad SMARTS) is 1. The quantitative estimate of drug-likeness (QED) is 0.843. The van der Waals surface area contributed by atoms with E-state index < -0.39 is 5.97 Å². The lowest BCUT2D eigenvalue weighted by Crippen LogP contribution is -2.18. The van der Waals surface area contributed by atoms with Crippen LogP contribution in [0.1, 0.15) is 29.8 Å². The number of nitrogens with one attached hydrogen (secondary N) is 1. The van der Waals surface area contributed by atoms with Gasteiger partial charge in [-0.15, -0.1) is 0 Å². The number of carboxylic acids is 1. The number of aromatic amines is 1. The monoisotopic (exact) mass is 285 g/mol. The van der Waals surface area contributed by atoms with Gasteiger partial charge in [0, 0.05) is 12.4 Å². The topological polar surface area (TPSA) is 88.0 Å². The Bertz CT molecular complexity index is 764. The predicted octanol–water partition coefficient (Wildman–Crippen LogP) is 2.24. The number of allylic oxidation sites excluding steroid dienone is 4. The summed E-state index contributed by atoms with van der Waals surface area (Å²) in [5.41, 5.74) is 1.21. The third-order valence-corrected chi connectivity index (χ3v) is 2.96. The second-order valence-corrected chi connectivity index (χ2v) is 4.41. The molecule has 0 aliphatic heterocycles. The molecule has 0 aliphatic rings. The van der Waals surface area contributed by atoms with Crippen molar-refractivity contribution in [3.8, 4) is 5.82 Å². The van der Waals surface area contributed by atoms with Crippen molar-refractivity contribution in [2.45, 2.75) is 13.8 Å². The fourth-order valence-corrected chi connectivity index (χ4v) is 1.80. The van der Waals surface area contributed by atoms with Gasteiger partial charge >= 0.3 is 5.97 Å². The van der Waals surface area contributed by atoms with E-state index in [1.54, 1.807) is 6.20 Å². The van der Waals surface area contributed by atoms with Crippen LogP contribution in [0.15, 0.2) is 47.5 Å². The molecule has 0 saturated carbocycles. The average Bonchev–Trinajstić information content (AvgIpc) is 2.86. The van der Waals surface area contributed by atoms with Gasteiger partial charge in [-0.3, -0.25) is 9.89 Å². The maximum atomic E-state index is 12.3. The van der Waals surface area contributed by atoms with Gasteiger partial charge in [0.25, 0.3) is 5.56 Å². The Morgan fingerprint density at radius 3 is 2.76 bits per heavy atom. The van der Waals surface area contributed by atoms with Crippen molar-refractivity contribution in [3.63, 3.8) is 0 Å². The third-order valence-electron chi connectivity index (χ3n) is 2.96. The summed E-state index contributed by atoms with van der Waals surface area (Å²) >= 11 is 0. The highest BCUT2D eigenvalue weighted by molar-refractivity contribution is 5.87. The van der Waals surface area contributed by atoms with E-state index in [1.807, 2.05) is 32.1 Å². The average molecular weight is 285 g/mol. The molecule has 2 rings (SSSR count). The zero-order valence-electron chi connectivity index (χ0n) is 11.7. The van der Waals surface area contributed by atoms with Crippen LogP contribution in [-0.2, 0) is 0 Å². The molecule has 0 unspecified atom stereocenters. The van der Waals surface area contributed by atoms with Crippen molar-refractivity contribution in [3.05, 3.63) is 64.2 Å². The Balaban J connectivity index is 2.41. The molecule has 6 nitrogen and oxygen atoms in total. The molecule has 2 aromatic heterocycles. The van der Waals surface area contributed by atoms with E-state index in [2.05, 4.69) is 10.1 Å². The predicted molar refractivity (Wildman–Crippen MR) is 79.6 cm³/mol. The smallest absolute Gasteiger partial charge is 0.337 e. The molecular weight excluding hydrogens is 270 g/mol. The summed E-state index contributed by atoms with van der Waals surface area (Å²) in [6.07, 6.45) is 8.39.